The van der Waals surface area contributed by atoms with E-state index in [0.29, 0.717) is 12.8 Å². The van der Waals surface area contributed by atoms with Crippen molar-refractivity contribution in [1.82, 2.24) is 0 Å². The summed E-state index contributed by atoms with van der Waals surface area (Å²) in [4.78, 5) is 46.3. The molecule has 162 valence electrons. The Kier molecular flexibility index (Phi) is 14.7. The SMILES string of the molecule is COC(=O)C(CCCCCCCCCCC(C(=O)OC)C(=O)OC)C(=O)OC. The molecule has 0 rings (SSSR count). The van der Waals surface area contributed by atoms with Crippen LogP contribution in [-0.2, 0) is 38.1 Å². The van der Waals surface area contributed by atoms with Gasteiger partial charge in [0.1, 0.15) is 0 Å². The molecule has 0 atom stereocenters. The maximum atomic E-state index is 11.6. The smallest absolute Gasteiger partial charge is 0.320 e. The lowest BCUT2D eigenvalue weighted by Crippen LogP contribution is -2.26. The number of unbranched alkanes of at least 4 members (excludes halogenated alkanes) is 7. The first-order valence-corrected chi connectivity index (χ1v) is 9.74. The normalized spacial score (nSPS) is 10.6. The summed E-state index contributed by atoms with van der Waals surface area (Å²) in [6, 6.07) is 0. The highest BCUT2D eigenvalue weighted by Crippen LogP contribution is 2.17. The Bertz CT molecular complexity index is 413. The Hall–Kier alpha value is -2.12. The van der Waals surface area contributed by atoms with Crippen molar-refractivity contribution in [3.05, 3.63) is 0 Å². The van der Waals surface area contributed by atoms with E-state index in [2.05, 4.69) is 18.9 Å². The van der Waals surface area contributed by atoms with Gasteiger partial charge in [0.25, 0.3) is 0 Å². The van der Waals surface area contributed by atoms with Gasteiger partial charge in [0, 0.05) is 0 Å². The van der Waals surface area contributed by atoms with Gasteiger partial charge in [-0.3, -0.25) is 19.2 Å². The fraction of sp³-hybridized carbons (Fsp3) is 0.800. The van der Waals surface area contributed by atoms with Gasteiger partial charge in [-0.15, -0.1) is 0 Å². The van der Waals surface area contributed by atoms with E-state index in [-0.39, 0.29) is 0 Å². The van der Waals surface area contributed by atoms with Crippen molar-refractivity contribution >= 4 is 23.9 Å². The van der Waals surface area contributed by atoms with Gasteiger partial charge < -0.3 is 18.9 Å². The maximum absolute atomic E-state index is 11.6. The molecule has 0 fully saturated rings. The van der Waals surface area contributed by atoms with E-state index in [1.165, 1.54) is 28.4 Å². The zero-order valence-electron chi connectivity index (χ0n) is 17.5. The Morgan fingerprint density at radius 1 is 0.464 bits per heavy atom. The standard InChI is InChI=1S/C20H34O8/c1-25-17(21)15(18(22)26-2)13-11-9-7-5-6-8-10-12-14-16(19(23)27-3)20(24)28-4/h15-16H,5-14H2,1-4H3. The molecule has 0 aliphatic rings. The first-order valence-electron chi connectivity index (χ1n) is 9.74. The average Bonchev–Trinajstić information content (AvgIpc) is 2.72. The second-order valence-electron chi connectivity index (χ2n) is 6.60. The van der Waals surface area contributed by atoms with Crippen molar-refractivity contribution in [1.29, 1.82) is 0 Å². The van der Waals surface area contributed by atoms with Crippen molar-refractivity contribution in [3.8, 4) is 0 Å². The molecule has 8 nitrogen and oxygen atoms in total. The minimum Gasteiger partial charge on any atom is -0.468 e. The van der Waals surface area contributed by atoms with Crippen LogP contribution in [0.4, 0.5) is 0 Å². The second-order valence-corrected chi connectivity index (χ2v) is 6.60. The van der Waals surface area contributed by atoms with Gasteiger partial charge in [0.05, 0.1) is 28.4 Å². The molecule has 0 radical (unpaired) electrons. The fourth-order valence-corrected chi connectivity index (χ4v) is 2.99. The van der Waals surface area contributed by atoms with Crippen molar-refractivity contribution in [2.45, 2.75) is 64.2 Å². The quantitative estimate of drug-likeness (QED) is 0.178. The van der Waals surface area contributed by atoms with Crippen LogP contribution in [0.1, 0.15) is 64.2 Å². The summed E-state index contributed by atoms with van der Waals surface area (Å²) in [5, 5.41) is 0. The highest BCUT2D eigenvalue weighted by atomic mass is 16.5. The zero-order chi connectivity index (χ0) is 21.4. The van der Waals surface area contributed by atoms with Gasteiger partial charge in [-0.2, -0.15) is 0 Å². The first kappa shape index (κ1) is 25.9. The Morgan fingerprint density at radius 2 is 0.679 bits per heavy atom. The number of carbonyl (C=O) groups excluding carboxylic acids is 4. The summed E-state index contributed by atoms with van der Waals surface area (Å²) in [5.74, 6) is -3.89. The van der Waals surface area contributed by atoms with Crippen molar-refractivity contribution in [2.24, 2.45) is 11.8 Å². The molecule has 0 N–H and O–H groups in total. The zero-order valence-corrected chi connectivity index (χ0v) is 17.5. The maximum Gasteiger partial charge on any atom is 0.320 e. The van der Waals surface area contributed by atoms with Crippen LogP contribution in [0, 0.1) is 11.8 Å². The first-order chi connectivity index (χ1) is 13.4. The van der Waals surface area contributed by atoms with Crippen LogP contribution in [0.2, 0.25) is 0 Å². The van der Waals surface area contributed by atoms with Crippen molar-refractivity contribution in [2.75, 3.05) is 28.4 Å². The molecule has 0 aliphatic heterocycles. The van der Waals surface area contributed by atoms with Crippen LogP contribution in [0.25, 0.3) is 0 Å². The number of carbonyl (C=O) groups is 4. The summed E-state index contributed by atoms with van der Waals surface area (Å²) in [6.45, 7) is 0. The van der Waals surface area contributed by atoms with E-state index in [1.54, 1.807) is 0 Å². The molecule has 0 spiro atoms. The van der Waals surface area contributed by atoms with E-state index >= 15 is 0 Å². The van der Waals surface area contributed by atoms with Crippen LogP contribution in [0.15, 0.2) is 0 Å². The Balaban J connectivity index is 3.84. The molecule has 0 unspecified atom stereocenters. The van der Waals surface area contributed by atoms with Crippen molar-refractivity contribution < 1.29 is 38.1 Å². The predicted molar refractivity (Wildman–Crippen MR) is 101 cm³/mol. The summed E-state index contributed by atoms with van der Waals surface area (Å²) in [7, 11) is 5.04. The largest absolute Gasteiger partial charge is 0.468 e. The van der Waals surface area contributed by atoms with E-state index in [9.17, 15) is 19.2 Å². The van der Waals surface area contributed by atoms with Gasteiger partial charge >= 0.3 is 23.9 Å². The van der Waals surface area contributed by atoms with Gasteiger partial charge in [-0.1, -0.05) is 51.4 Å². The minimum absolute atomic E-state index is 0.432. The fourth-order valence-electron chi connectivity index (χ4n) is 2.99. The topological polar surface area (TPSA) is 105 Å². The van der Waals surface area contributed by atoms with Gasteiger partial charge in [0.15, 0.2) is 11.8 Å². The molecule has 0 saturated heterocycles. The van der Waals surface area contributed by atoms with Gasteiger partial charge in [-0.05, 0) is 12.8 Å². The third-order valence-electron chi connectivity index (χ3n) is 4.68. The number of methoxy groups -OCH3 is 4. The van der Waals surface area contributed by atoms with Crippen LogP contribution in [-0.4, -0.2) is 52.3 Å². The van der Waals surface area contributed by atoms with E-state index < -0.39 is 35.7 Å². The molecule has 28 heavy (non-hydrogen) atoms. The lowest BCUT2D eigenvalue weighted by Gasteiger charge is -2.12. The molecule has 0 aromatic carbocycles. The lowest BCUT2D eigenvalue weighted by atomic mass is 9.98. The van der Waals surface area contributed by atoms with E-state index in [1.807, 2.05) is 0 Å². The van der Waals surface area contributed by atoms with Crippen LogP contribution in [0.3, 0.4) is 0 Å². The summed E-state index contributed by atoms with van der Waals surface area (Å²) in [6.07, 6.45) is 8.38. The minimum atomic E-state index is -0.840. The number of hydrogen-bond acceptors (Lipinski definition) is 8. The Labute approximate surface area is 167 Å². The monoisotopic (exact) mass is 402 g/mol. The molecule has 0 aromatic rings. The summed E-state index contributed by atoms with van der Waals surface area (Å²) < 4.78 is 18.5. The molecule has 8 heteroatoms. The molecular weight excluding hydrogens is 368 g/mol. The van der Waals surface area contributed by atoms with Crippen LogP contribution < -0.4 is 0 Å². The third kappa shape index (κ3) is 10.3. The molecule has 0 saturated carbocycles. The number of esters is 4. The third-order valence-corrected chi connectivity index (χ3v) is 4.68. The highest BCUT2D eigenvalue weighted by molar-refractivity contribution is 5.95. The summed E-state index contributed by atoms with van der Waals surface area (Å²) >= 11 is 0. The molecule has 0 amide bonds. The highest BCUT2D eigenvalue weighted by Gasteiger charge is 2.28. The molecular formula is C20H34O8. The number of hydrogen-bond donors (Lipinski definition) is 0. The predicted octanol–water partition coefficient (Wildman–Crippen LogP) is 2.81. The lowest BCUT2D eigenvalue weighted by molar-refractivity contribution is -0.160. The Morgan fingerprint density at radius 3 is 0.893 bits per heavy atom. The summed E-state index contributed by atoms with van der Waals surface area (Å²) in [5.41, 5.74) is 0. The van der Waals surface area contributed by atoms with Crippen LogP contribution in [0.5, 0.6) is 0 Å². The average molecular weight is 402 g/mol. The van der Waals surface area contributed by atoms with Crippen LogP contribution >= 0.6 is 0 Å². The van der Waals surface area contributed by atoms with Gasteiger partial charge in [-0.25, -0.2) is 0 Å². The molecule has 0 aromatic heterocycles. The molecule has 0 aliphatic carbocycles. The van der Waals surface area contributed by atoms with E-state index in [4.69, 9.17) is 0 Å². The van der Waals surface area contributed by atoms with Gasteiger partial charge in [0.2, 0.25) is 0 Å². The van der Waals surface area contributed by atoms with E-state index in [0.717, 1.165) is 51.4 Å². The molecule has 0 heterocycles. The molecule has 0 bridgehead atoms. The van der Waals surface area contributed by atoms with Crippen molar-refractivity contribution in [3.63, 3.8) is 0 Å². The second kappa shape index (κ2) is 15.9. The number of rotatable bonds is 15. The number of ether oxygens (including phenoxy) is 4.